The van der Waals surface area contributed by atoms with Gasteiger partial charge in [0.05, 0.1) is 5.69 Å². The molecule has 1 amide bonds. The van der Waals surface area contributed by atoms with Crippen LogP contribution in [0, 0.1) is 11.7 Å². The van der Waals surface area contributed by atoms with E-state index in [1.807, 2.05) is 0 Å². The zero-order valence-electron chi connectivity index (χ0n) is 12.2. The molecule has 2 unspecified atom stereocenters. The highest BCUT2D eigenvalue weighted by atomic mass is 35.5. The van der Waals surface area contributed by atoms with Gasteiger partial charge < -0.3 is 11.1 Å². The quantitative estimate of drug-likeness (QED) is 0.876. The summed E-state index contributed by atoms with van der Waals surface area (Å²) >= 11 is 0. The Bertz CT molecular complexity index is 472. The summed E-state index contributed by atoms with van der Waals surface area (Å²) in [5.74, 6) is -0.0308. The molecule has 0 saturated carbocycles. The number of para-hydroxylation sites is 1. The Balaban J connectivity index is 0.00000220. The van der Waals surface area contributed by atoms with Crippen molar-refractivity contribution < 1.29 is 9.18 Å². The summed E-state index contributed by atoms with van der Waals surface area (Å²) in [5.41, 5.74) is 5.93. The number of carbonyl (C=O) groups is 1. The topological polar surface area (TPSA) is 58.4 Å². The molecule has 1 aliphatic heterocycles. The lowest BCUT2D eigenvalue weighted by atomic mass is 10.1. The Morgan fingerprint density at radius 3 is 2.81 bits per heavy atom. The summed E-state index contributed by atoms with van der Waals surface area (Å²) in [6.07, 6.45) is 1.46. The lowest BCUT2D eigenvalue weighted by Gasteiger charge is -2.20. The SMILES string of the molecule is CC1CC(CN)CN1CCC(=O)Nc1ccccc1F.Cl. The average molecular weight is 316 g/mol. The number of nitrogens with zero attached hydrogens (tertiary/aromatic N) is 1. The number of rotatable bonds is 5. The van der Waals surface area contributed by atoms with Gasteiger partial charge in [-0.3, -0.25) is 9.69 Å². The van der Waals surface area contributed by atoms with Crippen LogP contribution in [-0.4, -0.2) is 36.5 Å². The second-order valence-corrected chi connectivity index (χ2v) is 5.46. The zero-order valence-corrected chi connectivity index (χ0v) is 13.0. The van der Waals surface area contributed by atoms with Crippen molar-refractivity contribution in [2.75, 3.05) is 25.0 Å². The third-order valence-corrected chi connectivity index (χ3v) is 3.90. The van der Waals surface area contributed by atoms with Gasteiger partial charge >= 0.3 is 0 Å². The van der Waals surface area contributed by atoms with Gasteiger partial charge in [0.2, 0.25) is 5.91 Å². The minimum Gasteiger partial charge on any atom is -0.330 e. The Kier molecular flexibility index (Phi) is 7.08. The highest BCUT2D eigenvalue weighted by molar-refractivity contribution is 5.90. The van der Waals surface area contributed by atoms with Gasteiger partial charge in [-0.2, -0.15) is 0 Å². The zero-order chi connectivity index (χ0) is 14.5. The predicted molar refractivity (Wildman–Crippen MR) is 85.1 cm³/mol. The molecule has 0 aromatic heterocycles. The van der Waals surface area contributed by atoms with E-state index in [2.05, 4.69) is 17.1 Å². The molecule has 3 N–H and O–H groups in total. The van der Waals surface area contributed by atoms with E-state index >= 15 is 0 Å². The monoisotopic (exact) mass is 315 g/mol. The molecule has 1 aromatic rings. The second-order valence-electron chi connectivity index (χ2n) is 5.46. The second kappa shape index (κ2) is 8.32. The fraction of sp³-hybridized carbons (Fsp3) is 0.533. The first-order valence-electron chi connectivity index (χ1n) is 7.08. The van der Waals surface area contributed by atoms with E-state index in [9.17, 15) is 9.18 Å². The summed E-state index contributed by atoms with van der Waals surface area (Å²) in [6.45, 7) is 4.50. The van der Waals surface area contributed by atoms with E-state index in [4.69, 9.17) is 5.73 Å². The first-order chi connectivity index (χ1) is 9.60. The predicted octanol–water partition coefficient (Wildman–Crippen LogP) is 2.25. The molecule has 4 nitrogen and oxygen atoms in total. The van der Waals surface area contributed by atoms with Crippen molar-refractivity contribution in [3.05, 3.63) is 30.1 Å². The van der Waals surface area contributed by atoms with Crippen LogP contribution >= 0.6 is 12.4 Å². The minimum absolute atomic E-state index is 0. The molecule has 0 bridgehead atoms. The van der Waals surface area contributed by atoms with E-state index in [0.29, 0.717) is 31.5 Å². The molecule has 0 radical (unpaired) electrons. The molecule has 118 valence electrons. The molecule has 1 aromatic carbocycles. The van der Waals surface area contributed by atoms with Gasteiger partial charge in [0.15, 0.2) is 0 Å². The molecule has 1 saturated heterocycles. The summed E-state index contributed by atoms with van der Waals surface area (Å²) in [4.78, 5) is 14.1. The van der Waals surface area contributed by atoms with Crippen LogP contribution in [0.15, 0.2) is 24.3 Å². The van der Waals surface area contributed by atoms with Gasteiger partial charge in [0, 0.05) is 25.6 Å². The lowest BCUT2D eigenvalue weighted by molar-refractivity contribution is -0.116. The number of carbonyl (C=O) groups excluding carboxylic acids is 1. The van der Waals surface area contributed by atoms with Gasteiger partial charge in [-0.15, -0.1) is 12.4 Å². The number of hydrogen-bond acceptors (Lipinski definition) is 3. The Labute approximate surface area is 131 Å². The van der Waals surface area contributed by atoms with Crippen LogP contribution in [-0.2, 0) is 4.79 Å². The molecule has 2 rings (SSSR count). The number of likely N-dealkylation sites (tertiary alicyclic amines) is 1. The molecule has 1 fully saturated rings. The standard InChI is InChI=1S/C15H22FN3O.ClH/c1-11-8-12(9-17)10-19(11)7-6-15(20)18-14-5-3-2-4-13(14)16;/h2-5,11-12H,6-10,17H2,1H3,(H,18,20);1H. The lowest BCUT2D eigenvalue weighted by Crippen LogP contribution is -2.31. The first kappa shape index (κ1) is 17.9. The third kappa shape index (κ3) is 4.95. The van der Waals surface area contributed by atoms with Gasteiger partial charge in [-0.25, -0.2) is 4.39 Å². The number of benzene rings is 1. The molecule has 1 aliphatic rings. The van der Waals surface area contributed by atoms with Crippen molar-refractivity contribution in [3.63, 3.8) is 0 Å². The molecule has 0 spiro atoms. The average Bonchev–Trinajstić information content (AvgIpc) is 2.80. The molecule has 0 aliphatic carbocycles. The fourth-order valence-corrected chi connectivity index (χ4v) is 2.72. The maximum Gasteiger partial charge on any atom is 0.225 e. The number of halogens is 2. The van der Waals surface area contributed by atoms with Crippen molar-refractivity contribution in [1.82, 2.24) is 4.90 Å². The van der Waals surface area contributed by atoms with Crippen LogP contribution in [0.25, 0.3) is 0 Å². The highest BCUT2D eigenvalue weighted by Crippen LogP contribution is 2.22. The Morgan fingerprint density at radius 2 is 2.19 bits per heavy atom. The fourth-order valence-electron chi connectivity index (χ4n) is 2.72. The first-order valence-corrected chi connectivity index (χ1v) is 7.08. The van der Waals surface area contributed by atoms with E-state index in [1.165, 1.54) is 6.07 Å². The smallest absolute Gasteiger partial charge is 0.225 e. The molecule has 2 atom stereocenters. The number of nitrogens with two attached hydrogens (primary N) is 1. The van der Waals surface area contributed by atoms with E-state index in [1.54, 1.807) is 18.2 Å². The third-order valence-electron chi connectivity index (χ3n) is 3.90. The van der Waals surface area contributed by atoms with Gasteiger partial charge in [-0.05, 0) is 37.9 Å². The highest BCUT2D eigenvalue weighted by Gasteiger charge is 2.27. The molecular weight excluding hydrogens is 293 g/mol. The van der Waals surface area contributed by atoms with Gasteiger partial charge in [-0.1, -0.05) is 12.1 Å². The van der Waals surface area contributed by atoms with Gasteiger partial charge in [0.25, 0.3) is 0 Å². The van der Waals surface area contributed by atoms with Crippen molar-refractivity contribution in [1.29, 1.82) is 0 Å². The number of hydrogen-bond donors (Lipinski definition) is 2. The number of nitrogens with one attached hydrogen (secondary N) is 1. The summed E-state index contributed by atoms with van der Waals surface area (Å²) in [6, 6.07) is 6.67. The molecule has 6 heteroatoms. The largest absolute Gasteiger partial charge is 0.330 e. The molecule has 1 heterocycles. The summed E-state index contributed by atoms with van der Waals surface area (Å²) in [7, 11) is 0. The van der Waals surface area contributed by atoms with Crippen LogP contribution < -0.4 is 11.1 Å². The van der Waals surface area contributed by atoms with Crippen LogP contribution in [0.4, 0.5) is 10.1 Å². The molecule has 21 heavy (non-hydrogen) atoms. The maximum atomic E-state index is 13.4. The van der Waals surface area contributed by atoms with Crippen LogP contribution in [0.2, 0.25) is 0 Å². The number of anilines is 1. The van der Waals surface area contributed by atoms with E-state index < -0.39 is 5.82 Å². The van der Waals surface area contributed by atoms with Gasteiger partial charge in [0.1, 0.15) is 5.82 Å². The number of amides is 1. The normalized spacial score (nSPS) is 21.9. The Hall–Kier alpha value is -1.17. The maximum absolute atomic E-state index is 13.4. The van der Waals surface area contributed by atoms with Crippen LogP contribution in [0.1, 0.15) is 19.8 Å². The summed E-state index contributed by atoms with van der Waals surface area (Å²) < 4.78 is 13.4. The van der Waals surface area contributed by atoms with Crippen LogP contribution in [0.3, 0.4) is 0 Å². The summed E-state index contributed by atoms with van der Waals surface area (Å²) in [5, 5.41) is 2.61. The Morgan fingerprint density at radius 1 is 1.48 bits per heavy atom. The molecular formula is C15H23ClFN3O. The van der Waals surface area contributed by atoms with E-state index in [0.717, 1.165) is 13.0 Å². The van der Waals surface area contributed by atoms with Crippen molar-refractivity contribution in [2.45, 2.75) is 25.8 Å². The van der Waals surface area contributed by atoms with Crippen molar-refractivity contribution in [3.8, 4) is 0 Å². The van der Waals surface area contributed by atoms with Crippen molar-refractivity contribution >= 4 is 24.0 Å². The van der Waals surface area contributed by atoms with Crippen molar-refractivity contribution in [2.24, 2.45) is 11.7 Å². The van der Waals surface area contributed by atoms with Crippen LogP contribution in [0.5, 0.6) is 0 Å². The minimum atomic E-state index is -0.404. The van der Waals surface area contributed by atoms with E-state index in [-0.39, 0.29) is 24.0 Å².